The van der Waals surface area contributed by atoms with Gasteiger partial charge < -0.3 is 5.11 Å². The summed E-state index contributed by atoms with van der Waals surface area (Å²) in [5, 5.41) is 9.54. The molecule has 0 fully saturated rings. The molecule has 0 aliphatic heterocycles. The smallest absolute Gasteiger partial charge is 0.0540 e. The molecule has 0 bridgehead atoms. The summed E-state index contributed by atoms with van der Waals surface area (Å²) in [6.45, 7) is 4.41. The van der Waals surface area contributed by atoms with Gasteiger partial charge in [-0.3, -0.25) is 0 Å². The third kappa shape index (κ3) is 20.7. The van der Waals surface area contributed by atoms with Gasteiger partial charge in [0, 0.05) is 19.5 Å². The number of hydrogen-bond acceptors (Lipinski definition) is 1. The number of aliphatic hydroxyl groups is 1. The Labute approximate surface area is 125 Å². The van der Waals surface area contributed by atoms with Crippen LogP contribution in [0.1, 0.15) is 71.6 Å². The second-order valence-electron chi connectivity index (χ2n) is 4.00. The van der Waals surface area contributed by atoms with Crippen molar-refractivity contribution in [1.29, 1.82) is 0 Å². The van der Waals surface area contributed by atoms with Gasteiger partial charge in [0.15, 0.2) is 0 Å². The van der Waals surface area contributed by atoms with E-state index < -0.39 is 0 Å². The average molecular weight is 320 g/mol. The molecule has 16 heavy (non-hydrogen) atoms. The van der Waals surface area contributed by atoms with Gasteiger partial charge >= 0.3 is 0 Å². The molecular formula is C12H31OPSZn. The summed E-state index contributed by atoms with van der Waals surface area (Å²) in [6, 6.07) is 0. The van der Waals surface area contributed by atoms with Crippen molar-refractivity contribution in [2.75, 3.05) is 0 Å². The molecule has 0 rings (SSSR count). The van der Waals surface area contributed by atoms with Crippen molar-refractivity contribution in [2.45, 2.75) is 77.7 Å². The minimum Gasteiger partial charge on any atom is -0.393 e. The van der Waals surface area contributed by atoms with Gasteiger partial charge in [0.2, 0.25) is 0 Å². The Bertz CT molecular complexity index is 107. The van der Waals surface area contributed by atoms with Crippen LogP contribution in [0.25, 0.3) is 0 Å². The van der Waals surface area contributed by atoms with Crippen LogP contribution in [0.15, 0.2) is 0 Å². The molecule has 0 heterocycles. The van der Waals surface area contributed by atoms with Gasteiger partial charge in [-0.2, -0.15) is 23.4 Å². The van der Waals surface area contributed by atoms with Crippen molar-refractivity contribution in [2.24, 2.45) is 0 Å². The maximum atomic E-state index is 9.54. The molecule has 2 unspecified atom stereocenters. The Hall–Kier alpha value is 1.36. The minimum atomic E-state index is -0.0263. The van der Waals surface area contributed by atoms with E-state index >= 15 is 0 Å². The first-order valence-electron chi connectivity index (χ1n) is 5.99. The van der Waals surface area contributed by atoms with Crippen LogP contribution in [0.5, 0.6) is 0 Å². The molecule has 98 valence electrons. The standard InChI is InChI=1S/C12H26O.H3P.H2S.Zn/c1-3-5-7-8-9-11-12(13)10-6-4-2;;;/h12-13H,3-11H2,1-2H3;1H3;1H2;. The summed E-state index contributed by atoms with van der Waals surface area (Å²) < 4.78 is 0. The normalized spacial score (nSPS) is 10.7. The first kappa shape index (κ1) is 26.0. The van der Waals surface area contributed by atoms with Crippen molar-refractivity contribution < 1.29 is 24.6 Å². The van der Waals surface area contributed by atoms with Gasteiger partial charge in [-0.05, 0) is 12.8 Å². The fourth-order valence-electron chi connectivity index (χ4n) is 1.57. The van der Waals surface area contributed by atoms with Crippen LogP contribution in [0.4, 0.5) is 0 Å². The number of rotatable bonds is 9. The van der Waals surface area contributed by atoms with Crippen molar-refractivity contribution in [3.05, 3.63) is 0 Å². The molecule has 0 radical (unpaired) electrons. The monoisotopic (exact) mass is 318 g/mol. The molecule has 0 saturated carbocycles. The van der Waals surface area contributed by atoms with Crippen LogP contribution in [-0.2, 0) is 19.5 Å². The quantitative estimate of drug-likeness (QED) is 0.386. The van der Waals surface area contributed by atoms with Crippen molar-refractivity contribution >= 4 is 23.4 Å². The number of aliphatic hydroxyl groups excluding tert-OH is 1. The molecule has 0 aromatic rings. The van der Waals surface area contributed by atoms with E-state index in [2.05, 4.69) is 13.8 Å². The summed E-state index contributed by atoms with van der Waals surface area (Å²) in [5.74, 6) is 0. The zero-order chi connectivity index (χ0) is 9.94. The topological polar surface area (TPSA) is 20.2 Å². The second kappa shape index (κ2) is 21.6. The Balaban J connectivity index is -0.000000240. The van der Waals surface area contributed by atoms with Gasteiger partial charge in [-0.1, -0.05) is 58.8 Å². The number of unbranched alkanes of at least 4 members (excludes halogenated alkanes) is 5. The zero-order valence-electron chi connectivity index (χ0n) is 11.3. The van der Waals surface area contributed by atoms with Gasteiger partial charge in [-0.25, -0.2) is 0 Å². The third-order valence-corrected chi connectivity index (χ3v) is 2.53. The molecule has 4 heteroatoms. The van der Waals surface area contributed by atoms with Gasteiger partial charge in [0.1, 0.15) is 0 Å². The van der Waals surface area contributed by atoms with E-state index in [0.29, 0.717) is 0 Å². The first-order chi connectivity index (χ1) is 6.31. The average Bonchev–Trinajstić information content (AvgIpc) is 2.14. The van der Waals surface area contributed by atoms with E-state index in [1.165, 1.54) is 44.9 Å². The van der Waals surface area contributed by atoms with Crippen LogP contribution in [0, 0.1) is 0 Å². The van der Waals surface area contributed by atoms with E-state index in [-0.39, 0.29) is 49.0 Å². The summed E-state index contributed by atoms with van der Waals surface area (Å²) in [6.07, 6.45) is 10.9. The van der Waals surface area contributed by atoms with Crippen LogP contribution in [-0.4, -0.2) is 11.2 Å². The first-order valence-corrected chi connectivity index (χ1v) is 5.99. The van der Waals surface area contributed by atoms with Crippen molar-refractivity contribution in [3.8, 4) is 0 Å². The molecule has 0 aliphatic carbocycles. The van der Waals surface area contributed by atoms with Crippen molar-refractivity contribution in [1.82, 2.24) is 0 Å². The van der Waals surface area contributed by atoms with E-state index in [1.54, 1.807) is 0 Å². The maximum Gasteiger partial charge on any atom is 0.0540 e. The summed E-state index contributed by atoms with van der Waals surface area (Å²) >= 11 is 0. The van der Waals surface area contributed by atoms with Crippen LogP contribution >= 0.6 is 23.4 Å². The Morgan fingerprint density at radius 1 is 0.812 bits per heavy atom. The maximum absolute atomic E-state index is 9.54. The fourth-order valence-corrected chi connectivity index (χ4v) is 1.57. The van der Waals surface area contributed by atoms with Crippen LogP contribution < -0.4 is 0 Å². The molecule has 0 aromatic carbocycles. The van der Waals surface area contributed by atoms with E-state index in [0.717, 1.165) is 12.8 Å². The molecule has 1 N–H and O–H groups in total. The molecule has 2 atom stereocenters. The van der Waals surface area contributed by atoms with Crippen LogP contribution in [0.3, 0.4) is 0 Å². The summed E-state index contributed by atoms with van der Waals surface area (Å²) in [5.41, 5.74) is 0. The third-order valence-electron chi connectivity index (χ3n) is 2.53. The fraction of sp³-hybridized carbons (Fsp3) is 1.00. The molecular weight excluding hydrogens is 289 g/mol. The predicted octanol–water partition coefficient (Wildman–Crippen LogP) is 4.07. The van der Waals surface area contributed by atoms with E-state index in [9.17, 15) is 5.11 Å². The Morgan fingerprint density at radius 3 is 1.75 bits per heavy atom. The Kier molecular flexibility index (Phi) is 35.2. The van der Waals surface area contributed by atoms with Crippen molar-refractivity contribution in [3.63, 3.8) is 0 Å². The van der Waals surface area contributed by atoms with Gasteiger partial charge in [0.05, 0.1) is 6.10 Å². The molecule has 0 spiro atoms. The summed E-state index contributed by atoms with van der Waals surface area (Å²) in [4.78, 5) is 0. The largest absolute Gasteiger partial charge is 0.393 e. The second-order valence-corrected chi connectivity index (χ2v) is 4.00. The molecule has 0 saturated heterocycles. The molecule has 0 amide bonds. The van der Waals surface area contributed by atoms with Crippen LogP contribution in [0.2, 0.25) is 0 Å². The Morgan fingerprint density at radius 2 is 1.25 bits per heavy atom. The van der Waals surface area contributed by atoms with E-state index in [4.69, 9.17) is 0 Å². The molecule has 1 nitrogen and oxygen atoms in total. The number of hydrogen-bond donors (Lipinski definition) is 1. The summed E-state index contributed by atoms with van der Waals surface area (Å²) in [7, 11) is 0. The van der Waals surface area contributed by atoms with Gasteiger partial charge in [0.25, 0.3) is 0 Å². The van der Waals surface area contributed by atoms with E-state index in [1.807, 2.05) is 0 Å². The minimum absolute atomic E-state index is 0. The SMILES string of the molecule is CCCCCCCC(O)CCCC.P.S.[Zn]. The van der Waals surface area contributed by atoms with Gasteiger partial charge in [-0.15, -0.1) is 0 Å². The molecule has 0 aliphatic rings. The molecule has 0 aromatic heterocycles. The zero-order valence-corrected chi connectivity index (χ0v) is 16.7. The predicted molar refractivity (Wildman–Crippen MR) is 80.4 cm³/mol.